The highest BCUT2D eigenvalue weighted by atomic mass is 15.3. The summed E-state index contributed by atoms with van der Waals surface area (Å²) in [5, 5.41) is 7.07. The number of pyridine rings is 1. The Kier molecular flexibility index (Phi) is 2.93. The predicted molar refractivity (Wildman–Crippen MR) is 90.9 cm³/mol. The van der Waals surface area contributed by atoms with Gasteiger partial charge in [-0.3, -0.25) is 4.68 Å². The third kappa shape index (κ3) is 1.82. The van der Waals surface area contributed by atoms with Gasteiger partial charge < -0.3 is 0 Å². The van der Waals surface area contributed by atoms with E-state index < -0.39 is 0 Å². The van der Waals surface area contributed by atoms with Crippen LogP contribution in [0.15, 0.2) is 54.6 Å². The zero-order chi connectivity index (χ0) is 15.1. The van der Waals surface area contributed by atoms with Crippen molar-refractivity contribution < 1.29 is 0 Å². The van der Waals surface area contributed by atoms with Crippen LogP contribution in [0.5, 0.6) is 0 Å². The smallest absolute Gasteiger partial charge is 0.119 e. The lowest BCUT2D eigenvalue weighted by Crippen LogP contribution is -1.97. The second kappa shape index (κ2) is 4.95. The molecule has 0 saturated heterocycles. The van der Waals surface area contributed by atoms with Gasteiger partial charge in [0, 0.05) is 22.9 Å². The number of nitrogens with zero attached hydrogens (tertiary/aromatic N) is 3. The largest absolute Gasteiger partial charge is 0.267 e. The Balaban J connectivity index is 2.17. The maximum absolute atomic E-state index is 4.96. The predicted octanol–water partition coefficient (Wildman–Crippen LogP) is 4.58. The van der Waals surface area contributed by atoms with Crippen LogP contribution in [-0.4, -0.2) is 14.8 Å². The minimum atomic E-state index is 0.858. The molecule has 0 fully saturated rings. The summed E-state index contributed by atoms with van der Waals surface area (Å²) in [5.41, 5.74) is 5.29. The molecule has 4 aromatic rings. The van der Waals surface area contributed by atoms with Crippen molar-refractivity contribution in [1.29, 1.82) is 0 Å². The molecule has 4 rings (SSSR count). The lowest BCUT2D eigenvalue weighted by atomic mass is 10.0. The minimum Gasteiger partial charge on any atom is -0.267 e. The third-order valence-corrected chi connectivity index (χ3v) is 4.18. The fourth-order valence-corrected chi connectivity index (χ4v) is 3.04. The van der Waals surface area contributed by atoms with Crippen molar-refractivity contribution in [2.45, 2.75) is 20.4 Å². The van der Waals surface area contributed by atoms with Crippen molar-refractivity contribution in [2.24, 2.45) is 0 Å². The second-order valence-corrected chi connectivity index (χ2v) is 5.47. The summed E-state index contributed by atoms with van der Waals surface area (Å²) in [4.78, 5) is 4.96. The van der Waals surface area contributed by atoms with Crippen LogP contribution in [0.1, 0.15) is 12.6 Å². The fraction of sp³-hybridized carbons (Fsp3) is 0.158. The van der Waals surface area contributed by atoms with E-state index in [4.69, 9.17) is 10.1 Å². The van der Waals surface area contributed by atoms with Gasteiger partial charge in [-0.25, -0.2) is 4.98 Å². The molecule has 3 nitrogen and oxygen atoms in total. The Labute approximate surface area is 129 Å². The molecule has 2 heterocycles. The highest BCUT2D eigenvalue weighted by molar-refractivity contribution is 6.09. The number of benzene rings is 2. The van der Waals surface area contributed by atoms with E-state index in [2.05, 4.69) is 62.4 Å². The standard InChI is InChI=1S/C19H17N3/c1-3-22-13(2)17-19(21-22)16-12-8-7-11-15(16)18(20-17)14-9-5-4-6-10-14/h4-12H,3H2,1-2H3. The summed E-state index contributed by atoms with van der Waals surface area (Å²) in [6, 6.07) is 18.8. The summed E-state index contributed by atoms with van der Waals surface area (Å²) in [6.45, 7) is 5.06. The SMILES string of the molecule is CCn1nc2c(nc(-c3ccccc3)c3ccccc32)c1C. The molecule has 22 heavy (non-hydrogen) atoms. The van der Waals surface area contributed by atoms with Crippen LogP contribution in [0.4, 0.5) is 0 Å². The Morgan fingerprint density at radius 1 is 0.864 bits per heavy atom. The Morgan fingerprint density at radius 3 is 2.27 bits per heavy atom. The summed E-state index contributed by atoms with van der Waals surface area (Å²) >= 11 is 0. The van der Waals surface area contributed by atoms with E-state index in [0.29, 0.717) is 0 Å². The molecule has 108 valence electrons. The lowest BCUT2D eigenvalue weighted by molar-refractivity contribution is 0.647. The van der Waals surface area contributed by atoms with Gasteiger partial charge in [-0.1, -0.05) is 54.6 Å². The van der Waals surface area contributed by atoms with Crippen LogP contribution in [0.25, 0.3) is 33.1 Å². The monoisotopic (exact) mass is 287 g/mol. The van der Waals surface area contributed by atoms with Gasteiger partial charge in [-0.15, -0.1) is 0 Å². The van der Waals surface area contributed by atoms with E-state index in [1.54, 1.807) is 0 Å². The van der Waals surface area contributed by atoms with E-state index in [0.717, 1.165) is 39.9 Å². The molecule has 0 aliphatic heterocycles. The van der Waals surface area contributed by atoms with Crippen LogP contribution in [-0.2, 0) is 6.54 Å². The van der Waals surface area contributed by atoms with E-state index in [1.807, 2.05) is 10.7 Å². The quantitative estimate of drug-likeness (QED) is 0.540. The van der Waals surface area contributed by atoms with Crippen molar-refractivity contribution in [3.05, 3.63) is 60.3 Å². The molecule has 2 aromatic carbocycles. The molecule has 0 aliphatic rings. The minimum absolute atomic E-state index is 0.858. The van der Waals surface area contributed by atoms with Gasteiger partial charge in [0.25, 0.3) is 0 Å². The molecule has 0 saturated carbocycles. The first-order chi connectivity index (χ1) is 10.8. The number of aryl methyl sites for hydroxylation is 2. The molecule has 0 atom stereocenters. The van der Waals surface area contributed by atoms with Crippen LogP contribution in [0.3, 0.4) is 0 Å². The van der Waals surface area contributed by atoms with Crippen molar-refractivity contribution in [3.63, 3.8) is 0 Å². The zero-order valence-corrected chi connectivity index (χ0v) is 12.7. The molecule has 0 amide bonds. The molecular formula is C19H17N3. The zero-order valence-electron chi connectivity index (χ0n) is 12.7. The first-order valence-corrected chi connectivity index (χ1v) is 7.61. The highest BCUT2D eigenvalue weighted by Crippen LogP contribution is 2.32. The van der Waals surface area contributed by atoms with Gasteiger partial charge in [0.05, 0.1) is 11.4 Å². The first-order valence-electron chi connectivity index (χ1n) is 7.61. The summed E-state index contributed by atoms with van der Waals surface area (Å²) in [5.74, 6) is 0. The number of aromatic nitrogens is 3. The first kappa shape index (κ1) is 13.0. The molecule has 3 heteroatoms. The molecule has 0 spiro atoms. The second-order valence-electron chi connectivity index (χ2n) is 5.47. The number of fused-ring (bicyclic) bond motifs is 3. The topological polar surface area (TPSA) is 30.7 Å². The number of hydrogen-bond donors (Lipinski definition) is 0. The van der Waals surface area contributed by atoms with Gasteiger partial charge in [-0.05, 0) is 13.8 Å². The molecule has 0 unspecified atom stereocenters. The van der Waals surface area contributed by atoms with E-state index in [-0.39, 0.29) is 0 Å². The van der Waals surface area contributed by atoms with Crippen LogP contribution < -0.4 is 0 Å². The fourth-order valence-electron chi connectivity index (χ4n) is 3.04. The Morgan fingerprint density at radius 2 is 1.55 bits per heavy atom. The van der Waals surface area contributed by atoms with Gasteiger partial charge in [-0.2, -0.15) is 5.10 Å². The number of hydrogen-bond acceptors (Lipinski definition) is 2. The van der Waals surface area contributed by atoms with Crippen LogP contribution in [0.2, 0.25) is 0 Å². The summed E-state index contributed by atoms with van der Waals surface area (Å²) in [6.07, 6.45) is 0. The molecule has 0 N–H and O–H groups in total. The van der Waals surface area contributed by atoms with Crippen molar-refractivity contribution >= 4 is 21.8 Å². The lowest BCUT2D eigenvalue weighted by Gasteiger charge is -2.07. The number of rotatable bonds is 2. The van der Waals surface area contributed by atoms with Gasteiger partial charge >= 0.3 is 0 Å². The summed E-state index contributed by atoms with van der Waals surface area (Å²) in [7, 11) is 0. The maximum atomic E-state index is 4.96. The van der Waals surface area contributed by atoms with Gasteiger partial charge in [0.15, 0.2) is 0 Å². The molecule has 0 aliphatic carbocycles. The Hall–Kier alpha value is -2.68. The normalized spacial score (nSPS) is 11.4. The van der Waals surface area contributed by atoms with E-state index in [1.165, 1.54) is 5.39 Å². The van der Waals surface area contributed by atoms with Crippen LogP contribution >= 0.6 is 0 Å². The van der Waals surface area contributed by atoms with E-state index >= 15 is 0 Å². The third-order valence-electron chi connectivity index (χ3n) is 4.18. The van der Waals surface area contributed by atoms with E-state index in [9.17, 15) is 0 Å². The average Bonchev–Trinajstić information content (AvgIpc) is 2.91. The molecule has 0 radical (unpaired) electrons. The molecule has 2 aromatic heterocycles. The van der Waals surface area contributed by atoms with Crippen molar-refractivity contribution in [2.75, 3.05) is 0 Å². The average molecular weight is 287 g/mol. The Bertz CT molecular complexity index is 968. The van der Waals surface area contributed by atoms with Gasteiger partial charge in [0.2, 0.25) is 0 Å². The summed E-state index contributed by atoms with van der Waals surface area (Å²) < 4.78 is 2.03. The maximum Gasteiger partial charge on any atom is 0.119 e. The van der Waals surface area contributed by atoms with Crippen molar-refractivity contribution in [1.82, 2.24) is 14.8 Å². The van der Waals surface area contributed by atoms with Crippen molar-refractivity contribution in [3.8, 4) is 11.3 Å². The van der Waals surface area contributed by atoms with Gasteiger partial charge in [0.1, 0.15) is 11.0 Å². The highest BCUT2D eigenvalue weighted by Gasteiger charge is 2.15. The molecule has 0 bridgehead atoms. The molecular weight excluding hydrogens is 270 g/mol. The van der Waals surface area contributed by atoms with Crippen LogP contribution in [0, 0.1) is 6.92 Å².